The Labute approximate surface area is 138 Å². The van der Waals surface area contributed by atoms with Crippen molar-refractivity contribution in [1.82, 2.24) is 4.90 Å². The van der Waals surface area contributed by atoms with Gasteiger partial charge in [0.1, 0.15) is 18.6 Å². The van der Waals surface area contributed by atoms with Gasteiger partial charge in [0.25, 0.3) is 0 Å². The van der Waals surface area contributed by atoms with Crippen LogP contribution in [-0.2, 0) is 14.3 Å². The number of alkyl halides is 1. The third kappa shape index (κ3) is 4.66. The van der Waals surface area contributed by atoms with Crippen molar-refractivity contribution < 1.29 is 53.4 Å². The van der Waals surface area contributed by atoms with Gasteiger partial charge in [-0.3, -0.25) is 4.79 Å². The number of carboxylic acids is 1. The Morgan fingerprint density at radius 2 is 2.35 bits per heavy atom. The van der Waals surface area contributed by atoms with Gasteiger partial charge in [-0.2, -0.15) is 0 Å². The van der Waals surface area contributed by atoms with E-state index >= 15 is 0 Å². The van der Waals surface area contributed by atoms with E-state index < -0.39 is 18.7 Å². The molecule has 0 aromatic heterocycles. The molecule has 0 spiro atoms. The fourth-order valence-corrected chi connectivity index (χ4v) is 2.08. The normalized spacial score (nSPS) is 22.8. The van der Waals surface area contributed by atoms with Crippen molar-refractivity contribution >= 4 is 17.5 Å². The average molecular weight is 292 g/mol. The Morgan fingerprint density at radius 3 is 3.00 bits per heavy atom. The second kappa shape index (κ2) is 7.87. The molecule has 2 aliphatic heterocycles. The van der Waals surface area contributed by atoms with E-state index in [0.717, 1.165) is 0 Å². The third-order valence-corrected chi connectivity index (χ3v) is 2.92. The van der Waals surface area contributed by atoms with Crippen LogP contribution in [0.2, 0.25) is 0 Å². The number of hydrogen-bond donors (Lipinski definition) is 0. The number of carbonyl (C=O) groups is 2. The number of hydrogen-bond acceptors (Lipinski definition) is 6. The molecule has 0 aliphatic carbocycles. The maximum atomic E-state index is 12.6. The SMILES string of the molecule is O=C([O-])CC1=NC(N2CCOC(CF)C2)=CC(=O)C1.[Na+]. The number of ketones is 1. The zero-order valence-corrected chi connectivity index (χ0v) is 13.3. The molecule has 0 aromatic rings. The van der Waals surface area contributed by atoms with Crippen molar-refractivity contribution in [2.75, 3.05) is 26.4 Å². The van der Waals surface area contributed by atoms with Crippen LogP contribution in [0.5, 0.6) is 0 Å². The molecule has 2 rings (SSSR count). The molecule has 2 heterocycles. The Balaban J connectivity index is 0.00000200. The van der Waals surface area contributed by atoms with Gasteiger partial charge in [0, 0.05) is 43.7 Å². The number of carboxylic acid groups (broad SMARTS) is 1. The van der Waals surface area contributed by atoms with Crippen LogP contribution in [0, 0.1) is 0 Å². The van der Waals surface area contributed by atoms with E-state index in [0.29, 0.717) is 25.5 Å². The second-order valence-corrected chi connectivity index (χ2v) is 4.47. The van der Waals surface area contributed by atoms with Crippen LogP contribution in [0.25, 0.3) is 0 Å². The molecule has 20 heavy (non-hydrogen) atoms. The van der Waals surface area contributed by atoms with E-state index in [1.54, 1.807) is 4.90 Å². The number of morpholine rings is 1. The van der Waals surface area contributed by atoms with E-state index in [1.165, 1.54) is 6.08 Å². The van der Waals surface area contributed by atoms with Crippen molar-refractivity contribution in [2.24, 2.45) is 4.99 Å². The molecule has 1 fully saturated rings. The van der Waals surface area contributed by atoms with Crippen LogP contribution >= 0.6 is 0 Å². The fraction of sp³-hybridized carbons (Fsp3) is 0.583. The summed E-state index contributed by atoms with van der Waals surface area (Å²) in [6.45, 7) is 0.550. The predicted molar refractivity (Wildman–Crippen MR) is 62.1 cm³/mol. The molecule has 0 amide bonds. The van der Waals surface area contributed by atoms with Gasteiger partial charge in [-0.15, -0.1) is 0 Å². The number of aliphatic carboxylic acids is 1. The number of ether oxygens (including phenoxy) is 1. The summed E-state index contributed by atoms with van der Waals surface area (Å²) in [6, 6.07) is 0. The van der Waals surface area contributed by atoms with Crippen LogP contribution in [0.3, 0.4) is 0 Å². The monoisotopic (exact) mass is 292 g/mol. The van der Waals surface area contributed by atoms with Gasteiger partial charge in [-0.05, 0) is 0 Å². The minimum atomic E-state index is -1.27. The molecular weight excluding hydrogens is 278 g/mol. The summed E-state index contributed by atoms with van der Waals surface area (Å²) in [5.74, 6) is -1.09. The van der Waals surface area contributed by atoms with Gasteiger partial charge >= 0.3 is 29.6 Å². The van der Waals surface area contributed by atoms with Crippen molar-refractivity contribution in [3.8, 4) is 0 Å². The Morgan fingerprint density at radius 1 is 1.60 bits per heavy atom. The predicted octanol–water partition coefficient (Wildman–Crippen LogP) is -3.94. The van der Waals surface area contributed by atoms with E-state index in [1.807, 2.05) is 0 Å². The molecular formula is C12H14FN2NaO4. The fourth-order valence-electron chi connectivity index (χ4n) is 2.08. The minimum absolute atomic E-state index is 0. The first-order valence-corrected chi connectivity index (χ1v) is 6.02. The molecule has 0 saturated carbocycles. The average Bonchev–Trinajstić information content (AvgIpc) is 2.37. The van der Waals surface area contributed by atoms with E-state index in [4.69, 9.17) is 4.74 Å². The van der Waals surface area contributed by atoms with Crippen LogP contribution in [0.1, 0.15) is 12.8 Å². The minimum Gasteiger partial charge on any atom is -0.550 e. The van der Waals surface area contributed by atoms with Gasteiger partial charge < -0.3 is 19.5 Å². The van der Waals surface area contributed by atoms with Crippen LogP contribution in [0.4, 0.5) is 4.39 Å². The first-order chi connectivity index (χ1) is 9.08. The first-order valence-electron chi connectivity index (χ1n) is 6.02. The quantitative estimate of drug-likeness (QED) is 0.494. The van der Waals surface area contributed by atoms with E-state index in [-0.39, 0.29) is 53.9 Å². The van der Waals surface area contributed by atoms with Gasteiger partial charge in [-0.25, -0.2) is 9.38 Å². The maximum Gasteiger partial charge on any atom is 1.00 e. The van der Waals surface area contributed by atoms with Crippen LogP contribution in [-0.4, -0.2) is 54.8 Å². The van der Waals surface area contributed by atoms with Crippen molar-refractivity contribution in [3.05, 3.63) is 11.9 Å². The zero-order valence-electron chi connectivity index (χ0n) is 11.3. The molecule has 2 aliphatic rings. The maximum absolute atomic E-state index is 12.6. The van der Waals surface area contributed by atoms with Crippen LogP contribution in [0.15, 0.2) is 16.9 Å². The zero-order chi connectivity index (χ0) is 13.8. The molecule has 1 atom stereocenters. The topological polar surface area (TPSA) is 82.0 Å². The molecule has 1 saturated heterocycles. The molecule has 0 aromatic carbocycles. The van der Waals surface area contributed by atoms with E-state index in [2.05, 4.69) is 4.99 Å². The summed E-state index contributed by atoms with van der Waals surface area (Å²) < 4.78 is 17.8. The summed E-state index contributed by atoms with van der Waals surface area (Å²) in [6.07, 6.45) is 0.458. The van der Waals surface area contributed by atoms with Gasteiger partial charge in [0.2, 0.25) is 0 Å². The molecule has 0 radical (unpaired) electrons. The van der Waals surface area contributed by atoms with Crippen molar-refractivity contribution in [3.63, 3.8) is 0 Å². The standard InChI is InChI=1S/C12H15FN2O4.Na/c13-6-10-7-15(1-2-19-10)11-5-9(16)3-8(14-11)4-12(17)18;/h5,10H,1-4,6-7H2,(H,17,18);/q;+1/p-1. The van der Waals surface area contributed by atoms with Gasteiger partial charge in [0.15, 0.2) is 5.78 Å². The van der Waals surface area contributed by atoms with Crippen molar-refractivity contribution in [1.29, 1.82) is 0 Å². The number of rotatable bonds is 4. The Hall–Kier alpha value is -0.760. The first kappa shape index (κ1) is 17.3. The Bertz CT molecular complexity index is 453. The summed E-state index contributed by atoms with van der Waals surface area (Å²) in [7, 11) is 0. The third-order valence-electron chi connectivity index (χ3n) is 2.92. The summed E-state index contributed by atoms with van der Waals surface area (Å²) in [4.78, 5) is 28.0. The molecule has 6 nitrogen and oxygen atoms in total. The molecule has 1 unspecified atom stereocenters. The Kier molecular flexibility index (Phi) is 6.81. The summed E-state index contributed by atoms with van der Waals surface area (Å²) in [5.41, 5.74) is 0.269. The van der Waals surface area contributed by atoms with E-state index in [9.17, 15) is 19.1 Å². The smallest absolute Gasteiger partial charge is 0.550 e. The summed E-state index contributed by atoms with van der Waals surface area (Å²) in [5, 5.41) is 10.5. The second-order valence-electron chi connectivity index (χ2n) is 4.47. The van der Waals surface area contributed by atoms with Crippen molar-refractivity contribution in [2.45, 2.75) is 18.9 Å². The number of carbonyl (C=O) groups excluding carboxylic acids is 2. The van der Waals surface area contributed by atoms with Gasteiger partial charge in [0.05, 0.1) is 6.61 Å². The number of nitrogens with zero attached hydrogens (tertiary/aromatic N) is 2. The molecule has 0 bridgehead atoms. The van der Waals surface area contributed by atoms with Gasteiger partial charge in [-0.1, -0.05) is 0 Å². The molecule has 104 valence electrons. The number of allylic oxidation sites excluding steroid dienone is 1. The number of aliphatic imine (C=N–C) groups is 1. The molecule has 8 heteroatoms. The molecule has 0 N–H and O–H groups in total. The largest absolute Gasteiger partial charge is 1.00 e. The summed E-state index contributed by atoms with van der Waals surface area (Å²) >= 11 is 0. The number of halogens is 1. The van der Waals surface area contributed by atoms with Crippen LogP contribution < -0.4 is 34.7 Å².